The number of aromatic amines is 1. The predicted octanol–water partition coefficient (Wildman–Crippen LogP) is 1.04. The van der Waals surface area contributed by atoms with Crippen LogP contribution < -0.4 is 0 Å². The van der Waals surface area contributed by atoms with Gasteiger partial charge < -0.3 is 4.98 Å². The highest BCUT2D eigenvalue weighted by Crippen LogP contribution is 2.17. The van der Waals surface area contributed by atoms with E-state index in [4.69, 9.17) is 0 Å². The molecule has 0 spiro atoms. The lowest BCUT2D eigenvalue weighted by molar-refractivity contribution is 0.544. The quantitative estimate of drug-likeness (QED) is 0.552. The molecule has 0 saturated heterocycles. The maximum atomic E-state index is 12.2. The molecule has 1 N–H and O–H groups in total. The Bertz CT molecular complexity index is 207. The molecule has 48 valence electrons. The number of rotatable bonds is 0. The maximum absolute atomic E-state index is 12.2. The molecule has 0 amide bonds. The van der Waals surface area contributed by atoms with E-state index in [0.717, 1.165) is 30.7 Å². The van der Waals surface area contributed by atoms with E-state index < -0.39 is 6.08 Å². The molecule has 0 aromatic carbocycles. The Hall–Kier alpha value is -0.860. The summed E-state index contributed by atoms with van der Waals surface area (Å²) >= 11 is 0. The summed E-state index contributed by atoms with van der Waals surface area (Å²) in [6.45, 7) is 0. The van der Waals surface area contributed by atoms with E-state index in [2.05, 4.69) is 9.97 Å². The van der Waals surface area contributed by atoms with Crippen molar-refractivity contribution in [2.45, 2.75) is 19.3 Å². The van der Waals surface area contributed by atoms with Crippen LogP contribution in [-0.4, -0.2) is 9.97 Å². The van der Waals surface area contributed by atoms with Crippen molar-refractivity contribution >= 4 is 0 Å². The van der Waals surface area contributed by atoms with Gasteiger partial charge in [0.25, 0.3) is 6.08 Å². The highest BCUT2D eigenvalue weighted by molar-refractivity contribution is 5.16. The summed E-state index contributed by atoms with van der Waals surface area (Å²) in [4.78, 5) is 6.25. The van der Waals surface area contributed by atoms with Crippen LogP contribution in [0, 0.1) is 6.08 Å². The Kier molecular flexibility index (Phi) is 0.860. The molecule has 9 heavy (non-hydrogen) atoms. The molecule has 1 aliphatic rings. The number of fused-ring (bicyclic) bond motifs is 1. The zero-order valence-electron chi connectivity index (χ0n) is 4.95. The van der Waals surface area contributed by atoms with Crippen molar-refractivity contribution < 1.29 is 4.39 Å². The minimum atomic E-state index is -0.431. The van der Waals surface area contributed by atoms with Gasteiger partial charge in [0.1, 0.15) is 0 Å². The summed E-state index contributed by atoms with van der Waals surface area (Å²) in [6.07, 6.45) is 2.59. The van der Waals surface area contributed by atoms with Crippen LogP contribution in [0.3, 0.4) is 0 Å². The van der Waals surface area contributed by atoms with E-state index >= 15 is 0 Å². The van der Waals surface area contributed by atoms with Crippen LogP contribution in [0.4, 0.5) is 4.39 Å². The van der Waals surface area contributed by atoms with Gasteiger partial charge in [0.2, 0.25) is 0 Å². The highest BCUT2D eigenvalue weighted by Gasteiger charge is 2.14. The molecule has 0 aliphatic heterocycles. The monoisotopic (exact) mass is 126 g/mol. The maximum Gasteiger partial charge on any atom is 0.286 e. The third kappa shape index (κ3) is 0.642. The molecule has 2 nitrogen and oxygen atoms in total. The van der Waals surface area contributed by atoms with Gasteiger partial charge in [-0.15, -0.1) is 0 Å². The van der Waals surface area contributed by atoms with Crippen LogP contribution in [0.25, 0.3) is 0 Å². The Morgan fingerprint density at radius 2 is 2.33 bits per heavy atom. The van der Waals surface area contributed by atoms with Crippen molar-refractivity contribution in [2.24, 2.45) is 0 Å². The molecule has 1 aliphatic carbocycles. The van der Waals surface area contributed by atoms with Crippen molar-refractivity contribution in [1.82, 2.24) is 9.97 Å². The van der Waals surface area contributed by atoms with Crippen LogP contribution in [0.1, 0.15) is 17.8 Å². The summed E-state index contributed by atoms with van der Waals surface area (Å²) in [5.41, 5.74) is 1.92. The van der Waals surface area contributed by atoms with E-state index in [-0.39, 0.29) is 0 Å². The molecule has 0 unspecified atom stereocenters. The van der Waals surface area contributed by atoms with Gasteiger partial charge >= 0.3 is 0 Å². The smallest absolute Gasteiger partial charge is 0.286 e. The van der Waals surface area contributed by atoms with Gasteiger partial charge in [0, 0.05) is 5.69 Å². The molecule has 0 fully saturated rings. The van der Waals surface area contributed by atoms with Crippen molar-refractivity contribution in [2.75, 3.05) is 0 Å². The zero-order chi connectivity index (χ0) is 6.27. The lowest BCUT2D eigenvalue weighted by atomic mass is 10.4. The molecular formula is C6H7FN2. The van der Waals surface area contributed by atoms with Gasteiger partial charge in [0.15, 0.2) is 0 Å². The van der Waals surface area contributed by atoms with Gasteiger partial charge in [-0.25, -0.2) is 4.98 Å². The van der Waals surface area contributed by atoms with Crippen molar-refractivity contribution in [1.29, 1.82) is 0 Å². The van der Waals surface area contributed by atoms with E-state index in [1.54, 1.807) is 0 Å². The highest BCUT2D eigenvalue weighted by atomic mass is 19.1. The van der Waals surface area contributed by atoms with E-state index in [1.807, 2.05) is 0 Å². The first-order chi connectivity index (χ1) is 4.36. The SMILES string of the molecule is Fc1nc2c([nH]1)CCC2. The number of nitrogens with one attached hydrogen (secondary N) is 1. The second kappa shape index (κ2) is 1.56. The van der Waals surface area contributed by atoms with Gasteiger partial charge in [-0.05, 0) is 19.3 Å². The normalized spacial score (nSPS) is 16.1. The molecule has 1 heterocycles. The van der Waals surface area contributed by atoms with Crippen molar-refractivity contribution in [3.05, 3.63) is 17.5 Å². The number of aryl methyl sites for hydroxylation is 2. The number of imidazole rings is 1. The molecule has 0 radical (unpaired) electrons. The summed E-state index contributed by atoms with van der Waals surface area (Å²) in [5, 5.41) is 0. The number of H-pyrrole nitrogens is 1. The van der Waals surface area contributed by atoms with Crippen molar-refractivity contribution in [3.63, 3.8) is 0 Å². The van der Waals surface area contributed by atoms with Gasteiger partial charge in [0.05, 0.1) is 5.69 Å². The fourth-order valence-corrected chi connectivity index (χ4v) is 1.26. The van der Waals surface area contributed by atoms with Crippen molar-refractivity contribution in [3.8, 4) is 0 Å². The number of hydrogen-bond donors (Lipinski definition) is 1. The standard InChI is InChI=1S/C6H7FN2/c7-6-8-4-2-1-3-5(4)9-6/h1-3H2,(H,8,9). The second-order valence-electron chi connectivity index (χ2n) is 2.31. The van der Waals surface area contributed by atoms with E-state index in [0.29, 0.717) is 0 Å². The molecule has 1 aromatic rings. The Morgan fingerprint density at radius 1 is 1.44 bits per heavy atom. The van der Waals surface area contributed by atoms with Crippen LogP contribution in [0.15, 0.2) is 0 Å². The second-order valence-corrected chi connectivity index (χ2v) is 2.31. The van der Waals surface area contributed by atoms with E-state index in [1.165, 1.54) is 0 Å². The fraction of sp³-hybridized carbons (Fsp3) is 0.500. The molecule has 0 saturated carbocycles. The van der Waals surface area contributed by atoms with Gasteiger partial charge in [-0.1, -0.05) is 0 Å². The first-order valence-electron chi connectivity index (χ1n) is 3.09. The summed E-state index contributed by atoms with van der Waals surface area (Å²) in [6, 6.07) is 0. The average Bonchev–Trinajstić information content (AvgIpc) is 2.22. The van der Waals surface area contributed by atoms with Crippen LogP contribution >= 0.6 is 0 Å². The molecule has 1 aromatic heterocycles. The number of halogens is 1. The minimum absolute atomic E-state index is 0.431. The average molecular weight is 126 g/mol. The predicted molar refractivity (Wildman–Crippen MR) is 30.6 cm³/mol. The number of nitrogens with zero attached hydrogens (tertiary/aromatic N) is 1. The van der Waals surface area contributed by atoms with Crippen LogP contribution in [0.2, 0.25) is 0 Å². The largest absolute Gasteiger partial charge is 0.318 e. The summed E-state index contributed by atoms with van der Waals surface area (Å²) in [7, 11) is 0. The lowest BCUT2D eigenvalue weighted by Crippen LogP contribution is -1.80. The fourth-order valence-electron chi connectivity index (χ4n) is 1.26. The first-order valence-corrected chi connectivity index (χ1v) is 3.09. The topological polar surface area (TPSA) is 28.7 Å². The van der Waals surface area contributed by atoms with Gasteiger partial charge in [-0.3, -0.25) is 0 Å². The Morgan fingerprint density at radius 3 is 3.11 bits per heavy atom. The van der Waals surface area contributed by atoms with E-state index in [9.17, 15) is 4.39 Å². The molecule has 0 atom stereocenters. The lowest BCUT2D eigenvalue weighted by Gasteiger charge is -1.80. The van der Waals surface area contributed by atoms with Gasteiger partial charge in [-0.2, -0.15) is 4.39 Å². The third-order valence-electron chi connectivity index (χ3n) is 1.68. The van der Waals surface area contributed by atoms with Crippen LogP contribution in [0.5, 0.6) is 0 Å². The number of hydrogen-bond acceptors (Lipinski definition) is 1. The molecular weight excluding hydrogens is 119 g/mol. The molecule has 0 bridgehead atoms. The Balaban J connectivity index is 2.51. The summed E-state index contributed by atoms with van der Waals surface area (Å²) < 4.78 is 12.2. The number of aromatic nitrogens is 2. The third-order valence-corrected chi connectivity index (χ3v) is 1.68. The Labute approximate surface area is 52.1 Å². The molecule has 3 heteroatoms. The summed E-state index contributed by atoms with van der Waals surface area (Å²) in [5.74, 6) is 0. The minimum Gasteiger partial charge on any atom is -0.318 e. The van der Waals surface area contributed by atoms with Crippen LogP contribution in [-0.2, 0) is 12.8 Å². The zero-order valence-corrected chi connectivity index (χ0v) is 4.95. The first kappa shape index (κ1) is 4.97. The molecule has 2 rings (SSSR count).